The van der Waals surface area contributed by atoms with Crippen LogP contribution in [-0.2, 0) is 4.79 Å². The highest BCUT2D eigenvalue weighted by atomic mass is 32.2. The minimum absolute atomic E-state index is 0.115. The molecule has 0 radical (unpaired) electrons. The second-order valence-electron chi connectivity index (χ2n) is 7.98. The molecule has 35 heavy (non-hydrogen) atoms. The summed E-state index contributed by atoms with van der Waals surface area (Å²) in [7, 11) is 1.58. The van der Waals surface area contributed by atoms with Gasteiger partial charge in [0.25, 0.3) is 5.56 Å². The molecule has 3 aromatic carbocycles. The Balaban J connectivity index is 1.47. The number of benzene rings is 3. The van der Waals surface area contributed by atoms with Crippen molar-refractivity contribution in [2.75, 3.05) is 26.0 Å². The quantitative estimate of drug-likeness (QED) is 0.214. The number of fused-ring (bicyclic) bond motifs is 1. The van der Waals surface area contributed by atoms with Gasteiger partial charge in [-0.2, -0.15) is 0 Å². The minimum Gasteiger partial charge on any atom is -0.493 e. The molecule has 1 N–H and O–H groups in total. The number of carbonyl (C=O) groups excluding carboxylic acids is 1. The van der Waals surface area contributed by atoms with Crippen molar-refractivity contribution in [2.24, 2.45) is 0 Å². The van der Waals surface area contributed by atoms with Gasteiger partial charge in [-0.1, -0.05) is 53.7 Å². The number of nitrogens with one attached hydrogen (secondary N) is 1. The van der Waals surface area contributed by atoms with Crippen LogP contribution in [0.2, 0.25) is 0 Å². The van der Waals surface area contributed by atoms with E-state index in [1.165, 1.54) is 11.8 Å². The number of methoxy groups -OCH3 is 1. The van der Waals surface area contributed by atoms with Gasteiger partial charge < -0.3 is 14.8 Å². The van der Waals surface area contributed by atoms with Crippen LogP contribution in [0.1, 0.15) is 11.1 Å². The Morgan fingerprint density at radius 3 is 2.54 bits per heavy atom. The lowest BCUT2D eigenvalue weighted by molar-refractivity contribution is -0.118. The molecule has 0 aliphatic carbocycles. The molecule has 180 valence electrons. The topological polar surface area (TPSA) is 82.5 Å². The van der Waals surface area contributed by atoms with Gasteiger partial charge in [-0.25, -0.2) is 4.98 Å². The number of aromatic nitrogens is 2. The van der Waals surface area contributed by atoms with Gasteiger partial charge >= 0.3 is 0 Å². The molecular weight excluding hydrogens is 462 g/mol. The Morgan fingerprint density at radius 2 is 1.77 bits per heavy atom. The zero-order valence-corrected chi connectivity index (χ0v) is 20.7. The lowest BCUT2D eigenvalue weighted by Gasteiger charge is -2.15. The van der Waals surface area contributed by atoms with Crippen LogP contribution in [0, 0.1) is 13.8 Å². The van der Waals surface area contributed by atoms with E-state index in [4.69, 9.17) is 14.5 Å². The second-order valence-corrected chi connectivity index (χ2v) is 8.92. The van der Waals surface area contributed by atoms with Crippen LogP contribution in [0.5, 0.6) is 11.5 Å². The van der Waals surface area contributed by atoms with E-state index in [1.54, 1.807) is 17.7 Å². The van der Waals surface area contributed by atoms with Gasteiger partial charge in [0, 0.05) is 0 Å². The van der Waals surface area contributed by atoms with Gasteiger partial charge in [0.15, 0.2) is 16.7 Å². The molecule has 0 fully saturated rings. The van der Waals surface area contributed by atoms with E-state index in [9.17, 15) is 9.59 Å². The molecule has 8 heteroatoms. The first kappa shape index (κ1) is 24.3. The fourth-order valence-electron chi connectivity index (χ4n) is 3.75. The van der Waals surface area contributed by atoms with Gasteiger partial charge in [-0.05, 0) is 49.7 Å². The lowest BCUT2D eigenvalue weighted by Crippen LogP contribution is -2.30. The molecule has 1 heterocycles. The number of rotatable bonds is 9. The highest BCUT2D eigenvalue weighted by Gasteiger charge is 2.16. The van der Waals surface area contributed by atoms with E-state index < -0.39 is 0 Å². The summed E-state index contributed by atoms with van der Waals surface area (Å²) in [6, 6.07) is 20.5. The van der Waals surface area contributed by atoms with Crippen molar-refractivity contribution < 1.29 is 14.3 Å². The monoisotopic (exact) mass is 489 g/mol. The summed E-state index contributed by atoms with van der Waals surface area (Å²) in [5.41, 5.74) is 3.27. The maximum Gasteiger partial charge on any atom is 0.266 e. The molecule has 0 atom stereocenters. The zero-order valence-electron chi connectivity index (χ0n) is 19.9. The number of thioether (sulfide) groups is 1. The number of carbonyl (C=O) groups is 1. The van der Waals surface area contributed by atoms with Crippen molar-refractivity contribution in [2.45, 2.75) is 19.0 Å². The van der Waals surface area contributed by atoms with Crippen LogP contribution >= 0.6 is 11.8 Å². The highest BCUT2D eigenvalue weighted by molar-refractivity contribution is 7.99. The van der Waals surface area contributed by atoms with E-state index in [1.807, 2.05) is 74.5 Å². The number of hydrogen-bond acceptors (Lipinski definition) is 6. The summed E-state index contributed by atoms with van der Waals surface area (Å²) in [5.74, 6) is 1.20. The number of aryl methyl sites for hydroxylation is 2. The summed E-state index contributed by atoms with van der Waals surface area (Å²) in [6.45, 7) is 4.62. The van der Waals surface area contributed by atoms with Crippen LogP contribution in [0.15, 0.2) is 76.7 Å². The number of para-hydroxylation sites is 3. The molecule has 0 spiro atoms. The zero-order chi connectivity index (χ0) is 24.8. The number of amides is 1. The first-order valence-electron chi connectivity index (χ1n) is 11.2. The molecule has 0 unspecified atom stereocenters. The fourth-order valence-corrected chi connectivity index (χ4v) is 4.58. The van der Waals surface area contributed by atoms with Crippen molar-refractivity contribution in [3.05, 3.63) is 88.2 Å². The molecule has 4 rings (SSSR count). The largest absolute Gasteiger partial charge is 0.493 e. The molecule has 0 aliphatic rings. The van der Waals surface area contributed by atoms with Crippen LogP contribution < -0.4 is 20.3 Å². The number of hydrogen-bond donors (Lipinski definition) is 1. The van der Waals surface area contributed by atoms with Gasteiger partial charge in [0.1, 0.15) is 6.61 Å². The van der Waals surface area contributed by atoms with Gasteiger partial charge in [-0.3, -0.25) is 14.2 Å². The first-order chi connectivity index (χ1) is 17.0. The predicted molar refractivity (Wildman–Crippen MR) is 139 cm³/mol. The highest BCUT2D eigenvalue weighted by Crippen LogP contribution is 2.26. The Kier molecular flexibility index (Phi) is 7.72. The van der Waals surface area contributed by atoms with Crippen LogP contribution in [0.4, 0.5) is 0 Å². The average molecular weight is 490 g/mol. The summed E-state index contributed by atoms with van der Waals surface area (Å²) >= 11 is 1.23. The summed E-state index contributed by atoms with van der Waals surface area (Å²) in [5, 5.41) is 3.86. The lowest BCUT2D eigenvalue weighted by atomic mass is 10.1. The predicted octanol–water partition coefficient (Wildman–Crippen LogP) is 4.30. The van der Waals surface area contributed by atoms with Crippen LogP contribution in [0.25, 0.3) is 16.6 Å². The second kappa shape index (κ2) is 11.1. The van der Waals surface area contributed by atoms with E-state index in [0.29, 0.717) is 40.7 Å². The van der Waals surface area contributed by atoms with E-state index in [0.717, 1.165) is 16.8 Å². The van der Waals surface area contributed by atoms with Crippen LogP contribution in [0.3, 0.4) is 0 Å². The third kappa shape index (κ3) is 5.66. The normalized spacial score (nSPS) is 10.8. The molecule has 0 saturated carbocycles. The van der Waals surface area contributed by atoms with Crippen molar-refractivity contribution in [3.8, 4) is 17.2 Å². The smallest absolute Gasteiger partial charge is 0.266 e. The van der Waals surface area contributed by atoms with Crippen molar-refractivity contribution in [1.29, 1.82) is 0 Å². The molecule has 0 saturated heterocycles. The SMILES string of the molecule is COc1ccccc1OCCNC(=O)CSc1nc2ccccc2c(=O)n1-c1ccc(C)cc1C. The van der Waals surface area contributed by atoms with Crippen molar-refractivity contribution in [3.63, 3.8) is 0 Å². The average Bonchev–Trinajstić information content (AvgIpc) is 2.86. The molecule has 0 bridgehead atoms. The van der Waals surface area contributed by atoms with Gasteiger partial charge in [0.2, 0.25) is 5.91 Å². The van der Waals surface area contributed by atoms with E-state index in [2.05, 4.69) is 5.32 Å². The first-order valence-corrected chi connectivity index (χ1v) is 12.2. The molecule has 7 nitrogen and oxygen atoms in total. The fraction of sp³-hybridized carbons (Fsp3) is 0.222. The van der Waals surface area contributed by atoms with Crippen LogP contribution in [-0.4, -0.2) is 41.5 Å². The molecule has 4 aromatic rings. The molecule has 1 amide bonds. The third-order valence-corrected chi connectivity index (χ3v) is 6.36. The maximum absolute atomic E-state index is 13.4. The van der Waals surface area contributed by atoms with Crippen molar-refractivity contribution in [1.82, 2.24) is 14.9 Å². The summed E-state index contributed by atoms with van der Waals surface area (Å²) in [4.78, 5) is 30.7. The molecule has 1 aromatic heterocycles. The third-order valence-electron chi connectivity index (χ3n) is 5.42. The summed E-state index contributed by atoms with van der Waals surface area (Å²) in [6.07, 6.45) is 0. The molecule has 0 aliphatic heterocycles. The Labute approximate surface area is 208 Å². The minimum atomic E-state index is -0.173. The maximum atomic E-state index is 13.4. The standard InChI is InChI=1S/C27H27N3O4S/c1-18-12-13-22(19(2)16-18)30-26(32)20-8-4-5-9-21(20)29-27(30)35-17-25(31)28-14-15-34-24-11-7-6-10-23(24)33-3/h4-13,16H,14-15,17H2,1-3H3,(H,28,31). The molecular formula is C27H27N3O4S. The van der Waals surface area contributed by atoms with Gasteiger partial charge in [0.05, 0.1) is 36.0 Å². The Bertz CT molecular complexity index is 1420. The van der Waals surface area contributed by atoms with Crippen molar-refractivity contribution >= 4 is 28.6 Å². The number of ether oxygens (including phenoxy) is 2. The Hall–Kier alpha value is -3.78. The van der Waals surface area contributed by atoms with E-state index >= 15 is 0 Å². The summed E-state index contributed by atoms with van der Waals surface area (Å²) < 4.78 is 12.6. The van der Waals surface area contributed by atoms with Gasteiger partial charge in [-0.15, -0.1) is 0 Å². The van der Waals surface area contributed by atoms with E-state index in [-0.39, 0.29) is 17.2 Å². The number of nitrogens with zero attached hydrogens (tertiary/aromatic N) is 2. The Morgan fingerprint density at radius 1 is 1.03 bits per heavy atom.